The molecule has 2 amide bonds. The van der Waals surface area contributed by atoms with E-state index >= 15 is 0 Å². The number of carbonyl (C=O) groups is 2. The lowest BCUT2D eigenvalue weighted by molar-refractivity contribution is -0.123. The fourth-order valence-electron chi connectivity index (χ4n) is 1.29. The van der Waals surface area contributed by atoms with Crippen LogP contribution in [-0.4, -0.2) is 35.2 Å². The summed E-state index contributed by atoms with van der Waals surface area (Å²) in [4.78, 5) is 22.5. The molecular formula is C10H17N5O2. The fourth-order valence-corrected chi connectivity index (χ4v) is 1.29. The molecule has 0 saturated heterocycles. The van der Waals surface area contributed by atoms with Gasteiger partial charge in [0.2, 0.25) is 11.8 Å². The molecule has 0 spiro atoms. The number of aryl methyl sites for hydroxylation is 1. The molecule has 7 nitrogen and oxygen atoms in total. The van der Waals surface area contributed by atoms with Crippen molar-refractivity contribution in [1.82, 2.24) is 20.4 Å². The van der Waals surface area contributed by atoms with Crippen molar-refractivity contribution in [3.05, 3.63) is 18.0 Å². The molecular weight excluding hydrogens is 222 g/mol. The maximum atomic E-state index is 11.6. The molecule has 0 radical (unpaired) electrons. The summed E-state index contributed by atoms with van der Waals surface area (Å²) in [6, 6.07) is -0.756. The van der Waals surface area contributed by atoms with Crippen LogP contribution < -0.4 is 16.4 Å². The molecule has 1 heterocycles. The Hall–Kier alpha value is -1.89. The molecule has 0 aromatic carbocycles. The molecule has 7 heteroatoms. The molecule has 1 aromatic heterocycles. The summed E-state index contributed by atoms with van der Waals surface area (Å²) in [5, 5.41) is 9.00. The maximum absolute atomic E-state index is 11.6. The minimum atomic E-state index is -0.756. The number of nitrogens with one attached hydrogen (secondary N) is 2. The van der Waals surface area contributed by atoms with Crippen LogP contribution in [0.4, 0.5) is 0 Å². The molecule has 1 aromatic rings. The molecule has 0 aliphatic carbocycles. The van der Waals surface area contributed by atoms with E-state index in [1.165, 1.54) is 0 Å². The first kappa shape index (κ1) is 13.2. The van der Waals surface area contributed by atoms with E-state index in [9.17, 15) is 9.59 Å². The Kier molecular flexibility index (Phi) is 4.65. The number of hydrogen-bond donors (Lipinski definition) is 3. The van der Waals surface area contributed by atoms with Crippen molar-refractivity contribution in [2.45, 2.75) is 12.5 Å². The van der Waals surface area contributed by atoms with E-state index in [-0.39, 0.29) is 24.8 Å². The van der Waals surface area contributed by atoms with Crippen LogP contribution in [0.2, 0.25) is 0 Å². The summed E-state index contributed by atoms with van der Waals surface area (Å²) >= 11 is 0. The molecule has 1 rings (SSSR count). The van der Waals surface area contributed by atoms with Gasteiger partial charge in [0.15, 0.2) is 0 Å². The number of hydrogen-bond acceptors (Lipinski definition) is 4. The molecule has 1 unspecified atom stereocenters. The second kappa shape index (κ2) is 6.00. The average Bonchev–Trinajstić information content (AvgIpc) is 2.74. The van der Waals surface area contributed by atoms with Crippen LogP contribution >= 0.6 is 0 Å². The van der Waals surface area contributed by atoms with Gasteiger partial charge in [0.05, 0.1) is 6.20 Å². The third-order valence-corrected chi connectivity index (χ3v) is 2.30. The van der Waals surface area contributed by atoms with Gasteiger partial charge in [0, 0.05) is 38.8 Å². The lowest BCUT2D eigenvalue weighted by Gasteiger charge is -2.09. The van der Waals surface area contributed by atoms with Gasteiger partial charge in [-0.25, -0.2) is 0 Å². The quantitative estimate of drug-likeness (QED) is 0.592. The predicted molar refractivity (Wildman–Crippen MR) is 61.8 cm³/mol. The molecule has 0 aliphatic heterocycles. The van der Waals surface area contributed by atoms with Crippen molar-refractivity contribution < 1.29 is 9.59 Å². The molecule has 0 saturated carbocycles. The highest BCUT2D eigenvalue weighted by atomic mass is 16.2. The van der Waals surface area contributed by atoms with E-state index in [0.29, 0.717) is 5.56 Å². The van der Waals surface area contributed by atoms with Gasteiger partial charge in [-0.05, 0) is 0 Å². The lowest BCUT2D eigenvalue weighted by atomic mass is 10.1. The van der Waals surface area contributed by atoms with E-state index in [1.807, 2.05) is 0 Å². The summed E-state index contributed by atoms with van der Waals surface area (Å²) in [5.74, 6) is -0.442. The second-order valence-corrected chi connectivity index (χ2v) is 3.64. The molecule has 17 heavy (non-hydrogen) atoms. The monoisotopic (exact) mass is 239 g/mol. The number of rotatable bonds is 5. The average molecular weight is 239 g/mol. The van der Waals surface area contributed by atoms with E-state index in [0.717, 1.165) is 0 Å². The minimum absolute atomic E-state index is 0.125. The zero-order valence-electron chi connectivity index (χ0n) is 9.93. The summed E-state index contributed by atoms with van der Waals surface area (Å²) in [6.45, 7) is 0.270. The Morgan fingerprint density at radius 1 is 1.59 bits per heavy atom. The summed E-state index contributed by atoms with van der Waals surface area (Å²) < 4.78 is 1.58. The zero-order valence-corrected chi connectivity index (χ0v) is 9.93. The van der Waals surface area contributed by atoms with E-state index in [4.69, 9.17) is 5.73 Å². The van der Waals surface area contributed by atoms with Gasteiger partial charge in [-0.15, -0.1) is 0 Å². The van der Waals surface area contributed by atoms with Gasteiger partial charge >= 0.3 is 0 Å². The number of carbonyl (C=O) groups excluding carboxylic acids is 2. The van der Waals surface area contributed by atoms with Crippen LogP contribution in [0.1, 0.15) is 18.0 Å². The van der Waals surface area contributed by atoms with Crippen molar-refractivity contribution in [2.24, 2.45) is 12.8 Å². The Bertz CT molecular complexity index is 401. The van der Waals surface area contributed by atoms with Crippen LogP contribution in [0, 0.1) is 0 Å². The topological polar surface area (TPSA) is 102 Å². The minimum Gasteiger partial charge on any atom is -0.359 e. The number of nitrogens with zero attached hydrogens (tertiary/aromatic N) is 2. The van der Waals surface area contributed by atoms with Crippen LogP contribution in [0.15, 0.2) is 12.4 Å². The van der Waals surface area contributed by atoms with Crippen LogP contribution in [0.3, 0.4) is 0 Å². The second-order valence-electron chi connectivity index (χ2n) is 3.64. The first-order valence-corrected chi connectivity index (χ1v) is 5.27. The first-order chi connectivity index (χ1) is 8.04. The maximum Gasteiger partial charge on any atom is 0.241 e. The van der Waals surface area contributed by atoms with Gasteiger partial charge in [0.1, 0.15) is 6.04 Å². The molecule has 1 atom stereocenters. The smallest absolute Gasteiger partial charge is 0.241 e. The highest BCUT2D eigenvalue weighted by molar-refractivity contribution is 5.83. The van der Waals surface area contributed by atoms with Gasteiger partial charge < -0.3 is 16.4 Å². The fraction of sp³-hybridized carbons (Fsp3) is 0.500. The van der Waals surface area contributed by atoms with Gasteiger partial charge in [-0.3, -0.25) is 14.3 Å². The third-order valence-electron chi connectivity index (χ3n) is 2.30. The molecule has 0 fully saturated rings. The SMILES string of the molecule is CNC(=O)CCNC(=O)C(N)c1cnn(C)c1. The van der Waals surface area contributed by atoms with Crippen molar-refractivity contribution in [2.75, 3.05) is 13.6 Å². The van der Waals surface area contributed by atoms with Crippen molar-refractivity contribution in [3.8, 4) is 0 Å². The molecule has 0 bridgehead atoms. The van der Waals surface area contributed by atoms with Gasteiger partial charge in [-0.2, -0.15) is 5.10 Å². The Morgan fingerprint density at radius 3 is 2.82 bits per heavy atom. The number of nitrogens with two attached hydrogens (primary N) is 1. The summed E-state index contributed by atoms with van der Waals surface area (Å²) in [5.41, 5.74) is 6.38. The van der Waals surface area contributed by atoms with E-state index < -0.39 is 6.04 Å². The Morgan fingerprint density at radius 2 is 2.29 bits per heavy atom. The number of amides is 2. The summed E-state index contributed by atoms with van der Waals surface area (Å²) in [6.07, 6.45) is 3.47. The zero-order chi connectivity index (χ0) is 12.8. The molecule has 4 N–H and O–H groups in total. The van der Waals surface area contributed by atoms with Crippen molar-refractivity contribution in [3.63, 3.8) is 0 Å². The third kappa shape index (κ3) is 3.87. The predicted octanol–water partition coefficient (Wildman–Crippen LogP) is -1.33. The highest BCUT2D eigenvalue weighted by Gasteiger charge is 2.16. The summed E-state index contributed by atoms with van der Waals surface area (Å²) in [7, 11) is 3.30. The normalized spacial score (nSPS) is 11.9. The van der Waals surface area contributed by atoms with Gasteiger partial charge in [0.25, 0.3) is 0 Å². The Balaban J connectivity index is 2.40. The van der Waals surface area contributed by atoms with Crippen molar-refractivity contribution in [1.29, 1.82) is 0 Å². The standard InChI is InChI=1S/C10H17N5O2/c1-12-8(16)3-4-13-10(17)9(11)7-5-14-15(2)6-7/h5-6,9H,3-4,11H2,1-2H3,(H,12,16)(H,13,17). The highest BCUT2D eigenvalue weighted by Crippen LogP contribution is 2.07. The number of aromatic nitrogens is 2. The first-order valence-electron chi connectivity index (χ1n) is 5.27. The van der Waals surface area contributed by atoms with Crippen LogP contribution in [0.25, 0.3) is 0 Å². The molecule has 0 aliphatic rings. The van der Waals surface area contributed by atoms with E-state index in [2.05, 4.69) is 15.7 Å². The van der Waals surface area contributed by atoms with Crippen LogP contribution in [0.5, 0.6) is 0 Å². The molecule has 94 valence electrons. The van der Waals surface area contributed by atoms with E-state index in [1.54, 1.807) is 31.2 Å². The van der Waals surface area contributed by atoms with Gasteiger partial charge in [-0.1, -0.05) is 0 Å². The lowest BCUT2D eigenvalue weighted by Crippen LogP contribution is -2.36. The van der Waals surface area contributed by atoms with Crippen molar-refractivity contribution >= 4 is 11.8 Å². The van der Waals surface area contributed by atoms with Crippen LogP contribution in [-0.2, 0) is 16.6 Å². The largest absolute Gasteiger partial charge is 0.359 e. The Labute approximate surface area is 99.4 Å².